The summed E-state index contributed by atoms with van der Waals surface area (Å²) in [6.07, 6.45) is 2.21. The Labute approximate surface area is 193 Å². The minimum atomic E-state index is -3.56. The van der Waals surface area contributed by atoms with Gasteiger partial charge in [0.05, 0.1) is 27.6 Å². The maximum atomic E-state index is 13.3. The fourth-order valence-electron chi connectivity index (χ4n) is 4.12. The summed E-state index contributed by atoms with van der Waals surface area (Å²) in [5.74, 6) is 1.44. The van der Waals surface area contributed by atoms with E-state index in [1.165, 1.54) is 0 Å². The average Bonchev–Trinajstić information content (AvgIpc) is 3.64. The van der Waals surface area contributed by atoms with Gasteiger partial charge in [-0.15, -0.1) is 0 Å². The molecule has 2 aliphatic rings. The minimum Gasteiger partial charge on any atom is -0.364 e. The van der Waals surface area contributed by atoms with Crippen LogP contribution < -0.4 is 10.2 Å². The number of fused-ring (bicyclic) bond motifs is 1. The van der Waals surface area contributed by atoms with Gasteiger partial charge in [-0.1, -0.05) is 12.1 Å². The molecule has 2 heterocycles. The van der Waals surface area contributed by atoms with Crippen molar-refractivity contribution in [1.82, 2.24) is 14.3 Å². The van der Waals surface area contributed by atoms with Crippen molar-refractivity contribution in [2.24, 2.45) is 0 Å². The van der Waals surface area contributed by atoms with Crippen molar-refractivity contribution in [1.29, 1.82) is 5.26 Å². The quantitative estimate of drug-likeness (QED) is 0.621. The Balaban J connectivity index is 1.42. The summed E-state index contributed by atoms with van der Waals surface area (Å²) < 4.78 is 28.2. The molecular formula is C24H26N6O2S. The van der Waals surface area contributed by atoms with E-state index in [4.69, 9.17) is 9.97 Å². The molecular weight excluding hydrogens is 436 g/mol. The van der Waals surface area contributed by atoms with Crippen molar-refractivity contribution in [3.05, 3.63) is 53.1 Å². The van der Waals surface area contributed by atoms with Gasteiger partial charge in [-0.25, -0.2) is 18.4 Å². The number of nitrogens with one attached hydrogen (secondary N) is 1. The first kappa shape index (κ1) is 21.6. The maximum absolute atomic E-state index is 13.3. The standard InChI is InChI=1S/C24H26N6O2S/c1-16-3-4-17(2)22(13-16)33(31,32)30-11-9-29(10-12-30)24-23(26-19-6-7-19)27-20-8-5-18(15-25)14-21(20)28-24/h3-5,8,13-14,19H,6-7,9-12H2,1-2H3,(H,26,27). The Morgan fingerprint density at radius 3 is 2.45 bits per heavy atom. The highest BCUT2D eigenvalue weighted by Gasteiger charge is 2.32. The molecule has 1 saturated carbocycles. The molecule has 0 amide bonds. The van der Waals surface area contributed by atoms with Crippen LogP contribution in [-0.4, -0.2) is 54.9 Å². The molecule has 0 radical (unpaired) electrons. The van der Waals surface area contributed by atoms with Crippen molar-refractivity contribution in [2.45, 2.75) is 37.6 Å². The smallest absolute Gasteiger partial charge is 0.243 e. The maximum Gasteiger partial charge on any atom is 0.243 e. The molecule has 5 rings (SSSR count). The highest BCUT2D eigenvalue weighted by Crippen LogP contribution is 2.32. The number of sulfonamides is 1. The number of nitrogens with zero attached hydrogens (tertiary/aromatic N) is 5. The van der Waals surface area contributed by atoms with Crippen molar-refractivity contribution in [2.75, 3.05) is 36.4 Å². The van der Waals surface area contributed by atoms with Gasteiger partial charge in [0.1, 0.15) is 0 Å². The molecule has 1 N–H and O–H groups in total. The Hall–Kier alpha value is -3.22. The third kappa shape index (κ3) is 4.24. The van der Waals surface area contributed by atoms with Crippen molar-refractivity contribution >= 4 is 32.7 Å². The molecule has 170 valence electrons. The number of benzene rings is 2. The van der Waals surface area contributed by atoms with Crippen LogP contribution in [0.25, 0.3) is 11.0 Å². The highest BCUT2D eigenvalue weighted by atomic mass is 32.2. The lowest BCUT2D eigenvalue weighted by atomic mass is 10.2. The Bertz CT molecular complexity index is 1370. The summed E-state index contributed by atoms with van der Waals surface area (Å²) in [5.41, 5.74) is 3.62. The van der Waals surface area contributed by atoms with Gasteiger partial charge in [0, 0.05) is 32.2 Å². The van der Waals surface area contributed by atoms with Crippen LogP contribution in [0.4, 0.5) is 11.6 Å². The number of aryl methyl sites for hydroxylation is 2. The summed E-state index contributed by atoms with van der Waals surface area (Å²) in [4.78, 5) is 12.1. The fourth-order valence-corrected chi connectivity index (χ4v) is 5.85. The van der Waals surface area contributed by atoms with E-state index >= 15 is 0 Å². The van der Waals surface area contributed by atoms with E-state index < -0.39 is 10.0 Å². The number of hydrogen-bond donors (Lipinski definition) is 1. The predicted octanol–water partition coefficient (Wildman–Crippen LogP) is 3.20. The third-order valence-corrected chi connectivity index (χ3v) is 8.23. The Morgan fingerprint density at radius 1 is 1.00 bits per heavy atom. The molecule has 8 nitrogen and oxygen atoms in total. The van der Waals surface area contributed by atoms with Crippen LogP contribution in [0.5, 0.6) is 0 Å². The molecule has 0 spiro atoms. The van der Waals surface area contributed by atoms with E-state index in [0.29, 0.717) is 54.0 Å². The van der Waals surface area contributed by atoms with Crippen LogP contribution in [-0.2, 0) is 10.0 Å². The van der Waals surface area contributed by atoms with Crippen molar-refractivity contribution in [3.8, 4) is 6.07 Å². The summed E-state index contributed by atoms with van der Waals surface area (Å²) in [7, 11) is -3.56. The van der Waals surface area contributed by atoms with Gasteiger partial charge in [-0.05, 0) is 62.1 Å². The van der Waals surface area contributed by atoms with Crippen LogP contribution in [0, 0.1) is 25.2 Å². The highest BCUT2D eigenvalue weighted by molar-refractivity contribution is 7.89. The normalized spacial score (nSPS) is 17.2. The molecule has 0 unspecified atom stereocenters. The van der Waals surface area contributed by atoms with Gasteiger partial charge in [-0.3, -0.25) is 0 Å². The molecule has 9 heteroatoms. The van der Waals surface area contributed by atoms with Crippen LogP contribution in [0.2, 0.25) is 0 Å². The van der Waals surface area contributed by atoms with E-state index in [-0.39, 0.29) is 0 Å². The van der Waals surface area contributed by atoms with E-state index in [9.17, 15) is 13.7 Å². The van der Waals surface area contributed by atoms with E-state index in [1.54, 1.807) is 22.5 Å². The zero-order valence-corrected chi connectivity index (χ0v) is 19.6. The molecule has 1 aromatic heterocycles. The first-order valence-corrected chi connectivity index (χ1v) is 12.6. The van der Waals surface area contributed by atoms with Gasteiger partial charge in [0.15, 0.2) is 11.6 Å². The van der Waals surface area contributed by atoms with Crippen LogP contribution in [0.3, 0.4) is 0 Å². The Kier molecular flexibility index (Phi) is 5.43. The first-order chi connectivity index (χ1) is 15.8. The topological polar surface area (TPSA) is 102 Å². The minimum absolute atomic E-state index is 0.372. The second-order valence-electron chi connectivity index (χ2n) is 8.79. The number of hydrogen-bond acceptors (Lipinski definition) is 7. The lowest BCUT2D eigenvalue weighted by Crippen LogP contribution is -2.49. The second kappa shape index (κ2) is 8.28. The summed E-state index contributed by atoms with van der Waals surface area (Å²) >= 11 is 0. The van der Waals surface area contributed by atoms with Gasteiger partial charge < -0.3 is 10.2 Å². The van der Waals surface area contributed by atoms with Gasteiger partial charge in [0.25, 0.3) is 0 Å². The predicted molar refractivity (Wildman–Crippen MR) is 128 cm³/mol. The van der Waals surface area contributed by atoms with Gasteiger partial charge in [0.2, 0.25) is 10.0 Å². The van der Waals surface area contributed by atoms with E-state index in [2.05, 4.69) is 16.3 Å². The van der Waals surface area contributed by atoms with Crippen LogP contribution in [0.15, 0.2) is 41.3 Å². The van der Waals surface area contributed by atoms with Crippen molar-refractivity contribution in [3.63, 3.8) is 0 Å². The number of rotatable bonds is 5. The lowest BCUT2D eigenvalue weighted by molar-refractivity contribution is 0.383. The van der Waals surface area contributed by atoms with Gasteiger partial charge in [-0.2, -0.15) is 9.57 Å². The summed E-state index contributed by atoms with van der Waals surface area (Å²) in [6, 6.07) is 13.4. The molecule has 1 aliphatic carbocycles. The van der Waals surface area contributed by atoms with Crippen molar-refractivity contribution < 1.29 is 8.42 Å². The molecule has 1 aliphatic heterocycles. The molecule has 2 aromatic carbocycles. The summed E-state index contributed by atoms with van der Waals surface area (Å²) in [6.45, 7) is 5.51. The molecule has 3 aromatic rings. The number of nitriles is 1. The van der Waals surface area contributed by atoms with Crippen LogP contribution >= 0.6 is 0 Å². The van der Waals surface area contributed by atoms with E-state index in [0.717, 1.165) is 35.3 Å². The molecule has 1 saturated heterocycles. The zero-order valence-electron chi connectivity index (χ0n) is 18.7. The summed E-state index contributed by atoms with van der Waals surface area (Å²) in [5, 5.41) is 12.7. The number of anilines is 2. The molecule has 0 bridgehead atoms. The number of piperazine rings is 1. The third-order valence-electron chi connectivity index (χ3n) is 6.19. The lowest BCUT2D eigenvalue weighted by Gasteiger charge is -2.35. The zero-order chi connectivity index (χ0) is 23.2. The fraction of sp³-hybridized carbons (Fsp3) is 0.375. The van der Waals surface area contributed by atoms with Crippen LogP contribution in [0.1, 0.15) is 29.5 Å². The SMILES string of the molecule is Cc1ccc(C)c(S(=O)(=O)N2CCN(c3nc4cc(C#N)ccc4nc3NC3CC3)CC2)c1. The largest absolute Gasteiger partial charge is 0.364 e. The van der Waals surface area contributed by atoms with Gasteiger partial charge >= 0.3 is 0 Å². The second-order valence-corrected chi connectivity index (χ2v) is 10.7. The Morgan fingerprint density at radius 2 is 1.76 bits per heavy atom. The molecule has 33 heavy (non-hydrogen) atoms. The first-order valence-electron chi connectivity index (χ1n) is 11.2. The number of aromatic nitrogens is 2. The average molecular weight is 463 g/mol. The monoisotopic (exact) mass is 462 g/mol. The molecule has 0 atom stereocenters. The molecule has 2 fully saturated rings. The van der Waals surface area contributed by atoms with E-state index in [1.807, 2.05) is 32.0 Å².